The zero-order valence-electron chi connectivity index (χ0n) is 16.2. The topological polar surface area (TPSA) is 20.3 Å². The van der Waals surface area contributed by atoms with Crippen LogP contribution in [0.15, 0.2) is 134 Å². The molecule has 0 saturated heterocycles. The predicted molar refractivity (Wildman–Crippen MR) is 122 cm³/mol. The second-order valence-corrected chi connectivity index (χ2v) is 6.28. The summed E-state index contributed by atoms with van der Waals surface area (Å²) >= 11 is 0. The van der Waals surface area contributed by atoms with Gasteiger partial charge in [-0.3, -0.25) is 4.79 Å². The molecule has 0 N–H and O–H groups in total. The van der Waals surface area contributed by atoms with Gasteiger partial charge in [-0.2, -0.15) is 0 Å². The SMILES string of the molecule is C=CC(=O)c1ccccc1.c1ccc(N(c2ccccc2)c2ccccc2)cc1. The van der Waals surface area contributed by atoms with E-state index in [9.17, 15) is 4.79 Å². The molecule has 0 spiro atoms. The van der Waals surface area contributed by atoms with Crippen molar-refractivity contribution in [1.29, 1.82) is 0 Å². The Labute approximate surface area is 172 Å². The highest BCUT2D eigenvalue weighted by Crippen LogP contribution is 2.33. The van der Waals surface area contributed by atoms with E-state index in [0.717, 1.165) is 0 Å². The molecule has 0 heterocycles. The number of anilines is 3. The van der Waals surface area contributed by atoms with Gasteiger partial charge in [-0.05, 0) is 42.5 Å². The molecule has 0 amide bonds. The zero-order chi connectivity index (χ0) is 20.3. The smallest absolute Gasteiger partial charge is 0.185 e. The van der Waals surface area contributed by atoms with E-state index in [2.05, 4.69) is 84.3 Å². The summed E-state index contributed by atoms with van der Waals surface area (Å²) in [5.41, 5.74) is 4.19. The first-order valence-corrected chi connectivity index (χ1v) is 9.46. The molecule has 0 aromatic heterocycles. The van der Waals surface area contributed by atoms with Crippen LogP contribution in [0.25, 0.3) is 0 Å². The zero-order valence-corrected chi connectivity index (χ0v) is 16.2. The molecular formula is C27H23NO. The van der Waals surface area contributed by atoms with Gasteiger partial charge in [0.15, 0.2) is 5.78 Å². The van der Waals surface area contributed by atoms with Gasteiger partial charge in [0.25, 0.3) is 0 Å². The molecule has 0 aliphatic rings. The minimum absolute atomic E-state index is 0.0272. The monoisotopic (exact) mass is 377 g/mol. The van der Waals surface area contributed by atoms with Gasteiger partial charge in [0.1, 0.15) is 0 Å². The number of carbonyl (C=O) groups is 1. The lowest BCUT2D eigenvalue weighted by Gasteiger charge is -2.25. The molecule has 0 atom stereocenters. The average molecular weight is 377 g/mol. The summed E-state index contributed by atoms with van der Waals surface area (Å²) in [5, 5.41) is 0. The molecule has 0 fully saturated rings. The molecular weight excluding hydrogens is 354 g/mol. The van der Waals surface area contributed by atoms with Gasteiger partial charge in [-0.1, -0.05) is 91.5 Å². The maximum absolute atomic E-state index is 10.9. The lowest BCUT2D eigenvalue weighted by atomic mass is 10.1. The number of allylic oxidation sites excluding steroid dienone is 1. The lowest BCUT2D eigenvalue weighted by Crippen LogP contribution is -2.09. The Bertz CT molecular complexity index is 919. The second kappa shape index (κ2) is 10.4. The number of ketones is 1. The maximum Gasteiger partial charge on any atom is 0.185 e. The average Bonchev–Trinajstić information content (AvgIpc) is 2.82. The normalized spacial score (nSPS) is 9.66. The van der Waals surface area contributed by atoms with E-state index in [1.807, 2.05) is 36.4 Å². The van der Waals surface area contributed by atoms with E-state index in [0.29, 0.717) is 5.56 Å². The summed E-state index contributed by atoms with van der Waals surface area (Å²) in [4.78, 5) is 13.1. The van der Waals surface area contributed by atoms with Crippen molar-refractivity contribution in [2.45, 2.75) is 0 Å². The Balaban J connectivity index is 0.000000204. The fraction of sp³-hybridized carbons (Fsp3) is 0. The Hall–Kier alpha value is -3.91. The van der Waals surface area contributed by atoms with E-state index in [-0.39, 0.29) is 5.78 Å². The van der Waals surface area contributed by atoms with Gasteiger partial charge in [-0.15, -0.1) is 0 Å². The van der Waals surface area contributed by atoms with E-state index >= 15 is 0 Å². The van der Waals surface area contributed by atoms with E-state index in [1.165, 1.54) is 23.1 Å². The highest BCUT2D eigenvalue weighted by molar-refractivity contribution is 6.04. The van der Waals surface area contributed by atoms with Crippen molar-refractivity contribution in [2.24, 2.45) is 0 Å². The van der Waals surface area contributed by atoms with Crippen LogP contribution in [0.1, 0.15) is 10.4 Å². The molecule has 0 aliphatic carbocycles. The van der Waals surface area contributed by atoms with Crippen molar-refractivity contribution in [1.82, 2.24) is 0 Å². The minimum atomic E-state index is -0.0272. The highest BCUT2D eigenvalue weighted by atomic mass is 16.1. The third kappa shape index (κ3) is 5.53. The maximum atomic E-state index is 10.9. The van der Waals surface area contributed by atoms with Gasteiger partial charge >= 0.3 is 0 Å². The minimum Gasteiger partial charge on any atom is -0.311 e. The van der Waals surface area contributed by atoms with Crippen LogP contribution in [-0.4, -0.2) is 5.78 Å². The largest absolute Gasteiger partial charge is 0.311 e. The van der Waals surface area contributed by atoms with Gasteiger partial charge < -0.3 is 4.90 Å². The summed E-state index contributed by atoms with van der Waals surface area (Å²) in [5.74, 6) is -0.0272. The number of benzene rings is 4. The van der Waals surface area contributed by atoms with Crippen LogP contribution in [0.3, 0.4) is 0 Å². The molecule has 29 heavy (non-hydrogen) atoms. The number of rotatable bonds is 5. The molecule has 4 rings (SSSR count). The Morgan fingerprint density at radius 1 is 0.552 bits per heavy atom. The van der Waals surface area contributed by atoms with Crippen LogP contribution in [0.5, 0.6) is 0 Å². The van der Waals surface area contributed by atoms with Gasteiger partial charge in [0, 0.05) is 22.6 Å². The number of hydrogen-bond donors (Lipinski definition) is 0. The van der Waals surface area contributed by atoms with Gasteiger partial charge in [0.2, 0.25) is 0 Å². The first-order chi connectivity index (χ1) is 14.3. The van der Waals surface area contributed by atoms with Crippen LogP contribution < -0.4 is 4.90 Å². The van der Waals surface area contributed by atoms with E-state index < -0.39 is 0 Å². The number of hydrogen-bond acceptors (Lipinski definition) is 2. The Morgan fingerprint density at radius 3 is 1.17 bits per heavy atom. The first-order valence-electron chi connectivity index (χ1n) is 9.46. The Morgan fingerprint density at radius 2 is 0.862 bits per heavy atom. The third-order valence-corrected chi connectivity index (χ3v) is 4.29. The quantitative estimate of drug-likeness (QED) is 0.270. The molecule has 4 aromatic rings. The lowest BCUT2D eigenvalue weighted by molar-refractivity contribution is 0.104. The summed E-state index contributed by atoms with van der Waals surface area (Å²) in [6, 6.07) is 40.3. The van der Waals surface area contributed by atoms with Crippen LogP contribution in [0, 0.1) is 0 Å². The standard InChI is InChI=1S/C18H15N.C9H8O/c1-4-10-16(11-5-1)19(17-12-6-2-7-13-17)18-14-8-3-9-15-18;1-2-9(10)8-6-4-3-5-7-8/h1-15H;2-7H,1H2. The van der Waals surface area contributed by atoms with Crippen molar-refractivity contribution < 1.29 is 4.79 Å². The molecule has 2 nitrogen and oxygen atoms in total. The van der Waals surface area contributed by atoms with Crippen molar-refractivity contribution in [3.63, 3.8) is 0 Å². The second-order valence-electron chi connectivity index (χ2n) is 6.28. The third-order valence-electron chi connectivity index (χ3n) is 4.29. The summed E-state index contributed by atoms with van der Waals surface area (Å²) < 4.78 is 0. The van der Waals surface area contributed by atoms with Crippen molar-refractivity contribution in [2.75, 3.05) is 4.90 Å². The van der Waals surface area contributed by atoms with Crippen LogP contribution >= 0.6 is 0 Å². The fourth-order valence-corrected chi connectivity index (χ4v) is 2.90. The molecule has 2 heteroatoms. The van der Waals surface area contributed by atoms with Crippen molar-refractivity contribution in [3.05, 3.63) is 140 Å². The molecule has 0 aliphatic heterocycles. The van der Waals surface area contributed by atoms with Crippen LogP contribution in [0.2, 0.25) is 0 Å². The number of nitrogens with zero attached hydrogens (tertiary/aromatic N) is 1. The van der Waals surface area contributed by atoms with Crippen molar-refractivity contribution >= 4 is 22.8 Å². The molecule has 4 aromatic carbocycles. The highest BCUT2D eigenvalue weighted by Gasteiger charge is 2.10. The molecule has 0 radical (unpaired) electrons. The van der Waals surface area contributed by atoms with Crippen LogP contribution in [-0.2, 0) is 0 Å². The van der Waals surface area contributed by atoms with Gasteiger partial charge in [-0.25, -0.2) is 0 Å². The molecule has 142 valence electrons. The first kappa shape index (κ1) is 19.8. The van der Waals surface area contributed by atoms with E-state index in [1.54, 1.807) is 12.1 Å². The van der Waals surface area contributed by atoms with E-state index in [4.69, 9.17) is 0 Å². The Kier molecular flexibility index (Phi) is 7.14. The molecule has 0 bridgehead atoms. The summed E-state index contributed by atoms with van der Waals surface area (Å²) in [7, 11) is 0. The van der Waals surface area contributed by atoms with Gasteiger partial charge in [0.05, 0.1) is 0 Å². The fourth-order valence-electron chi connectivity index (χ4n) is 2.90. The summed E-state index contributed by atoms with van der Waals surface area (Å²) in [6.07, 6.45) is 1.31. The summed E-state index contributed by atoms with van der Waals surface area (Å²) in [6.45, 7) is 3.39. The molecule has 0 saturated carbocycles. The number of carbonyl (C=O) groups excluding carboxylic acids is 1. The van der Waals surface area contributed by atoms with Crippen molar-refractivity contribution in [3.8, 4) is 0 Å². The molecule has 0 unspecified atom stereocenters. The number of para-hydroxylation sites is 3. The van der Waals surface area contributed by atoms with Crippen LogP contribution in [0.4, 0.5) is 17.1 Å². The predicted octanol–water partition coefficient (Wildman–Crippen LogP) is 7.21.